The minimum absolute atomic E-state index is 0.0726. The molecule has 6 nitrogen and oxygen atoms in total. The molecule has 0 radical (unpaired) electrons. The Labute approximate surface area is 157 Å². The Hall–Kier alpha value is -1.73. The first-order valence-electron chi connectivity index (χ1n) is 9.50. The van der Waals surface area contributed by atoms with E-state index in [-0.39, 0.29) is 18.1 Å². The van der Waals surface area contributed by atoms with Crippen LogP contribution in [0.15, 0.2) is 4.79 Å². The van der Waals surface area contributed by atoms with Gasteiger partial charge in [0.1, 0.15) is 17.2 Å². The number of nitrogens with zero attached hydrogens (tertiary/aromatic N) is 3. The van der Waals surface area contributed by atoms with Crippen LogP contribution in [0.25, 0.3) is 10.2 Å². The van der Waals surface area contributed by atoms with E-state index in [2.05, 4.69) is 18.7 Å². The molecule has 0 spiro atoms. The Morgan fingerprint density at radius 3 is 2.65 bits per heavy atom. The van der Waals surface area contributed by atoms with Crippen LogP contribution in [0.4, 0.5) is 0 Å². The van der Waals surface area contributed by atoms with Crippen molar-refractivity contribution in [2.75, 3.05) is 19.7 Å². The van der Waals surface area contributed by atoms with E-state index in [1.54, 1.807) is 18.3 Å². The smallest absolute Gasteiger partial charge is 0.326 e. The lowest BCUT2D eigenvalue weighted by Crippen LogP contribution is -2.33. The molecule has 0 amide bonds. The second kappa shape index (κ2) is 8.31. The van der Waals surface area contributed by atoms with E-state index in [9.17, 15) is 9.59 Å². The molecule has 7 heteroatoms. The number of ether oxygens (including phenoxy) is 1. The first-order chi connectivity index (χ1) is 12.6. The number of fused-ring (bicyclic) bond motifs is 3. The van der Waals surface area contributed by atoms with Crippen LogP contribution >= 0.6 is 11.3 Å². The molecular formula is C19H27N3O3S. The maximum Gasteiger partial charge on any atom is 0.326 e. The first-order valence-corrected chi connectivity index (χ1v) is 10.3. The number of esters is 1. The number of carbonyl (C=O) groups excluding carboxylic acids is 1. The molecule has 3 rings (SSSR count). The minimum atomic E-state index is -0.388. The summed E-state index contributed by atoms with van der Waals surface area (Å²) < 4.78 is 6.61. The molecular weight excluding hydrogens is 350 g/mol. The molecule has 0 bridgehead atoms. The Balaban J connectivity index is 2.13. The average molecular weight is 378 g/mol. The van der Waals surface area contributed by atoms with E-state index in [1.165, 1.54) is 15.9 Å². The Bertz CT molecular complexity index is 852. The summed E-state index contributed by atoms with van der Waals surface area (Å²) in [5.74, 6) is 0.262. The molecule has 0 N–H and O–H groups in total. The molecule has 2 aromatic heterocycles. The van der Waals surface area contributed by atoms with Gasteiger partial charge in [-0.1, -0.05) is 13.8 Å². The molecule has 1 aliphatic carbocycles. The minimum Gasteiger partial charge on any atom is -0.465 e. The van der Waals surface area contributed by atoms with Crippen LogP contribution in [-0.4, -0.2) is 40.1 Å². The van der Waals surface area contributed by atoms with E-state index in [4.69, 9.17) is 9.72 Å². The van der Waals surface area contributed by atoms with Gasteiger partial charge in [-0.15, -0.1) is 11.3 Å². The van der Waals surface area contributed by atoms with Gasteiger partial charge in [0, 0.05) is 4.88 Å². The molecule has 0 unspecified atom stereocenters. The molecule has 0 fully saturated rings. The van der Waals surface area contributed by atoms with Crippen molar-refractivity contribution in [3.63, 3.8) is 0 Å². The Morgan fingerprint density at radius 2 is 1.96 bits per heavy atom. The normalized spacial score (nSPS) is 14.0. The Kier molecular flexibility index (Phi) is 6.09. The SMILES string of the molecule is CCOC(=O)Cn1c(CN(CC)CC)nc2sc3c(c2c1=O)CCCC3. The zero-order valence-electron chi connectivity index (χ0n) is 15.8. The number of rotatable bonds is 7. The van der Waals surface area contributed by atoms with Crippen LogP contribution in [0.3, 0.4) is 0 Å². The molecule has 0 saturated carbocycles. The molecule has 26 heavy (non-hydrogen) atoms. The highest BCUT2D eigenvalue weighted by Gasteiger charge is 2.23. The summed E-state index contributed by atoms with van der Waals surface area (Å²) in [6.07, 6.45) is 4.24. The zero-order valence-corrected chi connectivity index (χ0v) is 16.7. The van der Waals surface area contributed by atoms with Crippen molar-refractivity contribution in [3.8, 4) is 0 Å². The Morgan fingerprint density at radius 1 is 1.23 bits per heavy atom. The number of hydrogen-bond acceptors (Lipinski definition) is 6. The van der Waals surface area contributed by atoms with Gasteiger partial charge in [0.25, 0.3) is 5.56 Å². The van der Waals surface area contributed by atoms with Gasteiger partial charge in [-0.05, 0) is 51.3 Å². The van der Waals surface area contributed by atoms with Gasteiger partial charge in [-0.3, -0.25) is 19.1 Å². The van der Waals surface area contributed by atoms with E-state index >= 15 is 0 Å². The second-order valence-electron chi connectivity index (χ2n) is 6.58. The summed E-state index contributed by atoms with van der Waals surface area (Å²) in [5, 5.41) is 0.720. The highest BCUT2D eigenvalue weighted by atomic mass is 32.1. The van der Waals surface area contributed by atoms with Gasteiger partial charge in [0.15, 0.2) is 0 Å². The monoisotopic (exact) mass is 377 g/mol. The van der Waals surface area contributed by atoms with E-state index < -0.39 is 0 Å². The van der Waals surface area contributed by atoms with Crippen molar-refractivity contribution in [2.24, 2.45) is 0 Å². The number of aryl methyl sites for hydroxylation is 2. The predicted molar refractivity (Wildman–Crippen MR) is 104 cm³/mol. The summed E-state index contributed by atoms with van der Waals surface area (Å²) >= 11 is 1.65. The van der Waals surface area contributed by atoms with Crippen molar-refractivity contribution in [1.82, 2.24) is 14.5 Å². The van der Waals surface area contributed by atoms with Crippen LogP contribution in [0.5, 0.6) is 0 Å². The van der Waals surface area contributed by atoms with Crippen molar-refractivity contribution >= 4 is 27.5 Å². The van der Waals surface area contributed by atoms with Crippen molar-refractivity contribution in [1.29, 1.82) is 0 Å². The number of hydrogen-bond donors (Lipinski definition) is 0. The second-order valence-corrected chi connectivity index (χ2v) is 7.66. The van der Waals surface area contributed by atoms with E-state index in [1.807, 2.05) is 0 Å². The van der Waals surface area contributed by atoms with Gasteiger partial charge >= 0.3 is 5.97 Å². The van der Waals surface area contributed by atoms with Crippen LogP contribution in [0.1, 0.15) is 49.9 Å². The molecule has 142 valence electrons. The third-order valence-corrected chi connectivity index (χ3v) is 6.19. The van der Waals surface area contributed by atoms with Gasteiger partial charge in [-0.2, -0.15) is 0 Å². The first kappa shape index (κ1) is 19.0. The van der Waals surface area contributed by atoms with Crippen LogP contribution in [0, 0.1) is 0 Å². The summed E-state index contributed by atoms with van der Waals surface area (Å²) in [5.41, 5.74) is 1.06. The molecule has 2 heterocycles. The van der Waals surface area contributed by atoms with Crippen molar-refractivity contribution in [3.05, 3.63) is 26.6 Å². The number of carbonyl (C=O) groups is 1. The highest BCUT2D eigenvalue weighted by Crippen LogP contribution is 2.33. The summed E-state index contributed by atoms with van der Waals surface area (Å²) in [6, 6.07) is 0. The lowest BCUT2D eigenvalue weighted by Gasteiger charge is -2.20. The maximum absolute atomic E-state index is 13.3. The van der Waals surface area contributed by atoms with E-state index in [0.29, 0.717) is 19.0 Å². The lowest BCUT2D eigenvalue weighted by atomic mass is 9.97. The third-order valence-electron chi connectivity index (χ3n) is 5.01. The fraction of sp³-hybridized carbons (Fsp3) is 0.632. The van der Waals surface area contributed by atoms with Gasteiger partial charge < -0.3 is 4.74 Å². The fourth-order valence-electron chi connectivity index (χ4n) is 3.55. The fourth-order valence-corrected chi connectivity index (χ4v) is 4.82. The number of aromatic nitrogens is 2. The highest BCUT2D eigenvalue weighted by molar-refractivity contribution is 7.18. The maximum atomic E-state index is 13.3. The van der Waals surface area contributed by atoms with Crippen molar-refractivity contribution in [2.45, 2.75) is 59.5 Å². The van der Waals surface area contributed by atoms with E-state index in [0.717, 1.165) is 48.1 Å². The van der Waals surface area contributed by atoms with Crippen LogP contribution < -0.4 is 5.56 Å². The molecule has 0 aliphatic heterocycles. The van der Waals surface area contributed by atoms with Crippen molar-refractivity contribution < 1.29 is 9.53 Å². The summed E-state index contributed by atoms with van der Waals surface area (Å²) in [4.78, 5) is 34.5. The standard InChI is InChI=1S/C19H27N3O3S/c1-4-21(5-2)11-15-20-18-17(13-9-7-8-10-14(13)26-18)19(24)22(15)12-16(23)25-6-3/h4-12H2,1-3H3. The molecule has 0 aromatic carbocycles. The molecule has 0 saturated heterocycles. The largest absolute Gasteiger partial charge is 0.465 e. The third kappa shape index (κ3) is 3.69. The topological polar surface area (TPSA) is 64.4 Å². The molecule has 0 atom stereocenters. The average Bonchev–Trinajstić information content (AvgIpc) is 3.01. The van der Waals surface area contributed by atoms with Crippen LogP contribution in [-0.2, 0) is 35.5 Å². The zero-order chi connectivity index (χ0) is 18.7. The predicted octanol–water partition coefficient (Wildman–Crippen LogP) is 2.74. The molecule has 2 aromatic rings. The van der Waals surface area contributed by atoms with Crippen LogP contribution in [0.2, 0.25) is 0 Å². The lowest BCUT2D eigenvalue weighted by molar-refractivity contribution is -0.143. The number of thiophene rings is 1. The summed E-state index contributed by atoms with van der Waals surface area (Å²) in [7, 11) is 0. The van der Waals surface area contributed by atoms with Gasteiger partial charge in [0.05, 0.1) is 18.5 Å². The van der Waals surface area contributed by atoms with Gasteiger partial charge in [0.2, 0.25) is 0 Å². The van der Waals surface area contributed by atoms with Gasteiger partial charge in [-0.25, -0.2) is 4.98 Å². The molecule has 1 aliphatic rings. The quantitative estimate of drug-likeness (QED) is 0.694. The summed E-state index contributed by atoms with van der Waals surface area (Å²) in [6.45, 7) is 8.46.